The van der Waals surface area contributed by atoms with Crippen LogP contribution in [0.1, 0.15) is 56.6 Å². The molecular formula is C44H44O7. The van der Waals surface area contributed by atoms with E-state index < -0.39 is 11.4 Å². The maximum atomic E-state index is 14.5. The zero-order valence-corrected chi connectivity index (χ0v) is 28.9. The molecule has 262 valence electrons. The molecule has 7 heteroatoms. The number of ether oxygens (including phenoxy) is 2. The van der Waals surface area contributed by atoms with Gasteiger partial charge in [0.1, 0.15) is 17.3 Å². The van der Waals surface area contributed by atoms with Gasteiger partial charge >= 0.3 is 11.9 Å². The number of hydrogen-bond acceptors (Lipinski definition) is 7. The number of fused-ring (bicyclic) bond motifs is 1. The fourth-order valence-corrected chi connectivity index (χ4v) is 9.76. The van der Waals surface area contributed by atoms with Gasteiger partial charge in [-0.25, -0.2) is 9.59 Å². The van der Waals surface area contributed by atoms with E-state index in [0.29, 0.717) is 54.8 Å². The van der Waals surface area contributed by atoms with Crippen molar-refractivity contribution in [2.75, 3.05) is 13.2 Å². The standard InChI is InChI=1S/C44H44O7/c1-26(25-46)12-17-36-34-16-15-33-32-18-20-44(40(33)39(34)42(48)50-36)37(23-28(19-21-45)22-27-8-4-2-5-9-27)51-43(49)41(44)38(32)35-24-30(47)13-14-31(35)29-10-6-3-7-11-29/h2-11,13-14,17,23-24,26,28,32-33,40,45-47H,12,15-16,18-22,25H2,1H3/t26-,28+,32-,33-,40-,44-/m0/s1. The Hall–Kier alpha value is -4.72. The fourth-order valence-electron chi connectivity index (χ4n) is 9.76. The molecule has 4 aliphatic carbocycles. The summed E-state index contributed by atoms with van der Waals surface area (Å²) in [4.78, 5) is 28.6. The summed E-state index contributed by atoms with van der Waals surface area (Å²) >= 11 is 0. The molecule has 0 unspecified atom stereocenters. The summed E-state index contributed by atoms with van der Waals surface area (Å²) in [7, 11) is 0. The number of aliphatic hydroxyl groups excluding tert-OH is 2. The molecule has 3 aromatic rings. The third-order valence-electron chi connectivity index (χ3n) is 12.0. The van der Waals surface area contributed by atoms with Crippen LogP contribution in [-0.2, 0) is 25.5 Å². The normalized spacial score (nSPS) is 27.7. The van der Waals surface area contributed by atoms with E-state index in [2.05, 4.69) is 18.2 Å². The Bertz CT molecular complexity index is 1990. The minimum Gasteiger partial charge on any atom is -0.508 e. The van der Waals surface area contributed by atoms with E-state index >= 15 is 0 Å². The molecule has 1 spiro atoms. The van der Waals surface area contributed by atoms with Gasteiger partial charge in [0.05, 0.1) is 11.0 Å². The van der Waals surface area contributed by atoms with Gasteiger partial charge in [-0.2, -0.15) is 0 Å². The third-order valence-corrected chi connectivity index (χ3v) is 12.0. The van der Waals surface area contributed by atoms with Crippen LogP contribution < -0.4 is 0 Å². The summed E-state index contributed by atoms with van der Waals surface area (Å²) in [6, 6.07) is 25.5. The Balaban J connectivity index is 1.35. The maximum absolute atomic E-state index is 14.5. The number of carbonyl (C=O) groups is 2. The van der Waals surface area contributed by atoms with Crippen molar-refractivity contribution in [3.8, 4) is 16.9 Å². The molecule has 6 atom stereocenters. The molecule has 3 N–H and O–H groups in total. The number of rotatable bonds is 10. The lowest BCUT2D eigenvalue weighted by Crippen LogP contribution is -2.52. The van der Waals surface area contributed by atoms with E-state index in [1.54, 1.807) is 12.1 Å². The molecule has 9 rings (SSSR count). The van der Waals surface area contributed by atoms with Gasteiger partial charge in [0.15, 0.2) is 0 Å². The van der Waals surface area contributed by atoms with Crippen LogP contribution in [0, 0.1) is 35.0 Å². The summed E-state index contributed by atoms with van der Waals surface area (Å²) in [5.41, 5.74) is 6.01. The van der Waals surface area contributed by atoms with Crippen LogP contribution in [0.25, 0.3) is 16.7 Å². The second kappa shape index (κ2) is 13.4. The van der Waals surface area contributed by atoms with Crippen LogP contribution >= 0.6 is 0 Å². The molecule has 2 fully saturated rings. The Morgan fingerprint density at radius 3 is 2.41 bits per heavy atom. The molecule has 2 bridgehead atoms. The Morgan fingerprint density at radius 2 is 1.67 bits per heavy atom. The lowest BCUT2D eigenvalue weighted by Gasteiger charge is -2.56. The number of phenolic OH excluding ortho intramolecular Hbond substituents is 1. The number of cyclic esters (lactones) is 2. The summed E-state index contributed by atoms with van der Waals surface area (Å²) in [5.74, 6) is 0.0952. The Morgan fingerprint density at radius 1 is 0.902 bits per heavy atom. The highest BCUT2D eigenvalue weighted by Crippen LogP contribution is 2.72. The smallest absolute Gasteiger partial charge is 0.340 e. The van der Waals surface area contributed by atoms with Crippen LogP contribution in [0.3, 0.4) is 0 Å². The molecule has 7 nitrogen and oxygen atoms in total. The van der Waals surface area contributed by atoms with Crippen LogP contribution in [0.5, 0.6) is 5.75 Å². The van der Waals surface area contributed by atoms with Gasteiger partial charge in [-0.15, -0.1) is 0 Å². The summed E-state index contributed by atoms with van der Waals surface area (Å²) in [6.07, 6.45) is 8.66. The lowest BCUT2D eigenvalue weighted by atomic mass is 9.44. The zero-order chi connectivity index (χ0) is 35.3. The monoisotopic (exact) mass is 684 g/mol. The average molecular weight is 685 g/mol. The van der Waals surface area contributed by atoms with Crippen molar-refractivity contribution in [1.82, 2.24) is 0 Å². The maximum Gasteiger partial charge on any atom is 0.340 e. The molecule has 0 aromatic heterocycles. The highest BCUT2D eigenvalue weighted by atomic mass is 16.5. The van der Waals surface area contributed by atoms with Gasteiger partial charge in [0.2, 0.25) is 0 Å². The first-order chi connectivity index (χ1) is 24.8. The zero-order valence-electron chi connectivity index (χ0n) is 28.9. The van der Waals surface area contributed by atoms with Crippen LogP contribution in [0.15, 0.2) is 119 Å². The average Bonchev–Trinajstić information content (AvgIpc) is 3.63. The molecular weight excluding hydrogens is 640 g/mol. The van der Waals surface area contributed by atoms with Crippen molar-refractivity contribution in [3.63, 3.8) is 0 Å². The summed E-state index contributed by atoms with van der Waals surface area (Å²) < 4.78 is 12.4. The molecule has 6 aliphatic rings. The summed E-state index contributed by atoms with van der Waals surface area (Å²) in [5, 5.41) is 30.8. The number of aliphatic hydroxyl groups is 2. The number of benzene rings is 3. The molecule has 1 saturated heterocycles. The first-order valence-electron chi connectivity index (χ1n) is 18.3. The fraction of sp³-hybridized carbons (Fsp3) is 0.364. The van der Waals surface area contributed by atoms with Gasteiger partial charge in [-0.05, 0) is 121 Å². The van der Waals surface area contributed by atoms with Crippen LogP contribution in [0.2, 0.25) is 0 Å². The SMILES string of the molecule is C[C@H](CO)CC=C1OC(=O)C2=C1CC[C@H]1[C@@H]3CC[C@]4(C(=C[C@H](CCO)Cc5ccccc5)OC(=O)C4=C3c3cc(O)ccc3-c3ccccc3)[C@H]21. The van der Waals surface area contributed by atoms with E-state index in [1.807, 2.05) is 67.6 Å². The topological polar surface area (TPSA) is 113 Å². The molecule has 0 amide bonds. The first-order valence-corrected chi connectivity index (χ1v) is 18.3. The lowest BCUT2D eigenvalue weighted by molar-refractivity contribution is -0.135. The number of allylic oxidation sites excluding steroid dienone is 5. The minimum atomic E-state index is -0.913. The van der Waals surface area contributed by atoms with Crippen molar-refractivity contribution in [2.24, 2.45) is 35.0 Å². The van der Waals surface area contributed by atoms with E-state index in [4.69, 9.17) is 9.47 Å². The largest absolute Gasteiger partial charge is 0.508 e. The number of hydrogen-bond donors (Lipinski definition) is 3. The van der Waals surface area contributed by atoms with E-state index in [1.165, 1.54) is 0 Å². The molecule has 3 aromatic carbocycles. The molecule has 1 saturated carbocycles. The number of carbonyl (C=O) groups excluding carboxylic acids is 2. The summed E-state index contributed by atoms with van der Waals surface area (Å²) in [6.45, 7) is 1.98. The van der Waals surface area contributed by atoms with Crippen molar-refractivity contribution in [3.05, 3.63) is 130 Å². The van der Waals surface area contributed by atoms with Gasteiger partial charge in [-0.3, -0.25) is 0 Å². The second-order valence-electron chi connectivity index (χ2n) is 14.9. The van der Waals surface area contributed by atoms with E-state index in [-0.39, 0.29) is 54.5 Å². The quantitative estimate of drug-likeness (QED) is 0.188. The molecule has 51 heavy (non-hydrogen) atoms. The molecule has 2 aliphatic heterocycles. The Kier molecular flexibility index (Phi) is 8.81. The second-order valence-corrected chi connectivity index (χ2v) is 14.9. The highest BCUT2D eigenvalue weighted by molar-refractivity contribution is 6.07. The van der Waals surface area contributed by atoms with Crippen molar-refractivity contribution >= 4 is 17.5 Å². The first kappa shape index (κ1) is 33.4. The Labute approximate surface area is 298 Å². The number of aromatic hydroxyl groups is 1. The van der Waals surface area contributed by atoms with Gasteiger partial charge in [-0.1, -0.05) is 73.7 Å². The van der Waals surface area contributed by atoms with Crippen LogP contribution in [0.4, 0.5) is 0 Å². The van der Waals surface area contributed by atoms with Crippen molar-refractivity contribution < 1.29 is 34.4 Å². The number of esters is 2. The number of phenols is 1. The minimum absolute atomic E-state index is 0.0178. The van der Waals surface area contributed by atoms with Crippen molar-refractivity contribution in [1.29, 1.82) is 0 Å². The van der Waals surface area contributed by atoms with E-state index in [9.17, 15) is 24.9 Å². The van der Waals surface area contributed by atoms with Crippen LogP contribution in [-0.4, -0.2) is 40.5 Å². The van der Waals surface area contributed by atoms with Crippen molar-refractivity contribution in [2.45, 2.75) is 51.9 Å². The van der Waals surface area contributed by atoms with E-state index in [0.717, 1.165) is 46.2 Å². The predicted octanol–water partition coefficient (Wildman–Crippen LogP) is 7.69. The van der Waals surface area contributed by atoms with Gasteiger partial charge in [0, 0.05) is 30.3 Å². The highest BCUT2D eigenvalue weighted by Gasteiger charge is 2.68. The predicted molar refractivity (Wildman–Crippen MR) is 193 cm³/mol. The molecule has 0 radical (unpaired) electrons. The molecule has 2 heterocycles. The van der Waals surface area contributed by atoms with Gasteiger partial charge < -0.3 is 24.8 Å². The third kappa shape index (κ3) is 5.58. The van der Waals surface area contributed by atoms with Gasteiger partial charge in [0.25, 0.3) is 0 Å².